The van der Waals surface area contributed by atoms with Crippen molar-refractivity contribution < 1.29 is 8.94 Å². The van der Waals surface area contributed by atoms with Crippen molar-refractivity contribution in [1.29, 1.82) is 0 Å². The Bertz CT molecular complexity index is 463. The van der Waals surface area contributed by atoms with Crippen LogP contribution in [0.25, 0.3) is 0 Å². The Kier molecular flexibility index (Phi) is 4.03. The van der Waals surface area contributed by atoms with Gasteiger partial charge < -0.3 is 4.90 Å². The molecule has 2 atom stereocenters. The Morgan fingerprint density at radius 1 is 1.37 bits per heavy atom. The lowest BCUT2D eigenvalue weighted by Crippen LogP contribution is -2.48. The zero-order valence-corrected chi connectivity index (χ0v) is 12.3. The predicted molar refractivity (Wildman–Crippen MR) is 76.9 cm³/mol. The Balaban J connectivity index is 1.81. The molecule has 0 aromatic heterocycles. The van der Waals surface area contributed by atoms with Crippen LogP contribution in [0.3, 0.4) is 0 Å². The topological polar surface area (TPSA) is 23.5 Å². The molecule has 2 nitrogen and oxygen atoms in total. The van der Waals surface area contributed by atoms with Gasteiger partial charge in [-0.15, -0.1) is 0 Å². The number of fused-ring (bicyclic) bond motifs is 3. The normalized spacial score (nSPS) is 31.4. The van der Waals surface area contributed by atoms with E-state index in [0.29, 0.717) is 10.8 Å². The van der Waals surface area contributed by atoms with Gasteiger partial charge >= 0.3 is 0 Å². The van der Waals surface area contributed by atoms with E-state index in [9.17, 15) is 8.94 Å². The Morgan fingerprint density at radius 3 is 2.68 bits per heavy atom. The third-order valence-electron chi connectivity index (χ3n) is 4.48. The van der Waals surface area contributed by atoms with E-state index < -0.39 is 10.4 Å². The molecule has 3 aliphatic heterocycles. The van der Waals surface area contributed by atoms with Gasteiger partial charge in [-0.3, -0.25) is 0 Å². The first-order valence-electron chi connectivity index (χ1n) is 6.74. The molecule has 5 heteroatoms. The van der Waals surface area contributed by atoms with Crippen LogP contribution in [-0.2, 0) is 16.8 Å². The molecule has 3 heterocycles. The van der Waals surface area contributed by atoms with E-state index in [1.165, 1.54) is 38.1 Å². The van der Waals surface area contributed by atoms with E-state index in [1.54, 1.807) is 6.07 Å². The quantitative estimate of drug-likeness (QED) is 0.866. The summed E-state index contributed by atoms with van der Waals surface area (Å²) >= 11 is 0. The standard InChI is InChI=1S/C14H18ClFNOS/c15-19(18)14-2-1-13(16)8-11(14)7-12-9-17-5-3-10(12)4-6-17/h1-2,8,10,12,18H,3-7,9H2/q+1. The average molecular weight is 303 g/mol. The van der Waals surface area contributed by atoms with E-state index >= 15 is 0 Å². The molecule has 3 fully saturated rings. The molecule has 19 heavy (non-hydrogen) atoms. The summed E-state index contributed by atoms with van der Waals surface area (Å²) in [6.45, 7) is 3.51. The van der Waals surface area contributed by atoms with E-state index in [-0.39, 0.29) is 5.82 Å². The van der Waals surface area contributed by atoms with Crippen LogP contribution in [0.2, 0.25) is 0 Å². The molecule has 1 aromatic rings. The van der Waals surface area contributed by atoms with Crippen molar-refractivity contribution in [3.05, 3.63) is 29.6 Å². The minimum atomic E-state index is -1.31. The highest BCUT2D eigenvalue weighted by atomic mass is 35.7. The van der Waals surface area contributed by atoms with E-state index in [1.807, 2.05) is 0 Å². The van der Waals surface area contributed by atoms with E-state index in [4.69, 9.17) is 10.7 Å². The van der Waals surface area contributed by atoms with Crippen LogP contribution in [0.5, 0.6) is 0 Å². The fraction of sp³-hybridized carbons (Fsp3) is 0.571. The van der Waals surface area contributed by atoms with Gasteiger partial charge in [-0.25, -0.2) is 4.39 Å². The number of hydrogen-bond donors (Lipinski definition) is 1. The Hall–Kier alpha value is -0.290. The summed E-state index contributed by atoms with van der Waals surface area (Å²) in [5.74, 6) is 1.07. The summed E-state index contributed by atoms with van der Waals surface area (Å²) in [7, 11) is 4.49. The highest BCUT2D eigenvalue weighted by Gasteiger charge is 2.35. The van der Waals surface area contributed by atoms with Crippen molar-refractivity contribution in [3.63, 3.8) is 0 Å². The van der Waals surface area contributed by atoms with Gasteiger partial charge in [0.05, 0.1) is 0 Å². The Labute approximate surface area is 120 Å². The molecule has 3 saturated heterocycles. The number of hydrogen-bond acceptors (Lipinski definition) is 2. The zero-order chi connectivity index (χ0) is 13.4. The summed E-state index contributed by atoms with van der Waals surface area (Å²) in [5, 5.41) is 0. The molecule has 0 aliphatic carbocycles. The van der Waals surface area contributed by atoms with E-state index in [0.717, 1.165) is 24.4 Å². The predicted octanol–water partition coefficient (Wildman–Crippen LogP) is 3.31. The second-order valence-corrected chi connectivity index (χ2v) is 7.38. The summed E-state index contributed by atoms with van der Waals surface area (Å²) in [6.07, 6.45) is 3.33. The largest absolute Gasteiger partial charge is 0.303 e. The van der Waals surface area contributed by atoms with Gasteiger partial charge in [0, 0.05) is 18.2 Å². The maximum absolute atomic E-state index is 13.4. The van der Waals surface area contributed by atoms with E-state index in [2.05, 4.69) is 4.90 Å². The number of nitrogens with zero attached hydrogens (tertiary/aromatic N) is 1. The molecular weight excluding hydrogens is 285 g/mol. The maximum atomic E-state index is 13.4. The van der Waals surface area contributed by atoms with Gasteiger partial charge in [-0.05, 0) is 56.3 Å². The first-order valence-corrected chi connectivity index (χ1v) is 8.74. The van der Waals surface area contributed by atoms with Gasteiger partial charge in [0.25, 0.3) is 10.4 Å². The summed E-state index contributed by atoms with van der Waals surface area (Å²) in [6, 6.07) is 4.52. The van der Waals surface area contributed by atoms with Crippen molar-refractivity contribution in [3.8, 4) is 0 Å². The number of rotatable bonds is 3. The summed E-state index contributed by atoms with van der Waals surface area (Å²) in [5.41, 5.74) is 0.875. The van der Waals surface area contributed by atoms with Gasteiger partial charge in [0.1, 0.15) is 5.82 Å². The van der Waals surface area contributed by atoms with Crippen LogP contribution in [0.15, 0.2) is 23.1 Å². The van der Waals surface area contributed by atoms with Gasteiger partial charge in [0.15, 0.2) is 0 Å². The third-order valence-corrected chi connectivity index (χ3v) is 5.74. The second-order valence-electron chi connectivity index (χ2n) is 5.59. The molecule has 1 N–H and O–H groups in total. The van der Waals surface area contributed by atoms with Crippen LogP contribution in [0, 0.1) is 17.7 Å². The number of halogens is 2. The molecule has 0 saturated carbocycles. The Morgan fingerprint density at radius 2 is 2.11 bits per heavy atom. The van der Waals surface area contributed by atoms with Crippen molar-refractivity contribution >= 4 is 21.1 Å². The minimum absolute atomic E-state index is 0.248. The first kappa shape index (κ1) is 13.7. The van der Waals surface area contributed by atoms with Crippen LogP contribution in [0.4, 0.5) is 4.39 Å². The van der Waals surface area contributed by atoms with Crippen molar-refractivity contribution in [2.45, 2.75) is 24.2 Å². The lowest BCUT2D eigenvalue weighted by atomic mass is 9.76. The van der Waals surface area contributed by atoms with Gasteiger partial charge in [-0.1, -0.05) is 0 Å². The molecule has 0 spiro atoms. The fourth-order valence-electron chi connectivity index (χ4n) is 3.47. The molecule has 4 rings (SSSR count). The molecule has 0 amide bonds. The second kappa shape index (κ2) is 5.60. The summed E-state index contributed by atoms with van der Waals surface area (Å²) in [4.78, 5) is 3.17. The fourth-order valence-corrected chi connectivity index (χ4v) is 4.46. The zero-order valence-electron chi connectivity index (χ0n) is 10.7. The number of benzene rings is 1. The first-order chi connectivity index (χ1) is 9.13. The van der Waals surface area contributed by atoms with Crippen molar-refractivity contribution in [2.24, 2.45) is 11.8 Å². The van der Waals surface area contributed by atoms with Crippen molar-refractivity contribution in [1.82, 2.24) is 4.90 Å². The highest BCUT2D eigenvalue weighted by Crippen LogP contribution is 2.35. The molecule has 104 valence electrons. The minimum Gasteiger partial charge on any atom is -0.303 e. The lowest BCUT2D eigenvalue weighted by molar-refractivity contribution is 0.0509. The molecular formula is C14H18ClFNOS+. The third kappa shape index (κ3) is 2.92. The number of piperidine rings is 3. The maximum Gasteiger partial charge on any atom is 0.299 e. The smallest absolute Gasteiger partial charge is 0.299 e. The average Bonchev–Trinajstić information content (AvgIpc) is 2.40. The molecule has 1 aromatic carbocycles. The SMILES string of the molecule is O[S+](Cl)c1ccc(F)cc1CC1CN2CCC1CC2. The lowest BCUT2D eigenvalue weighted by Gasteiger charge is -2.45. The molecule has 2 bridgehead atoms. The van der Waals surface area contributed by atoms with Gasteiger partial charge in [-0.2, -0.15) is 4.55 Å². The van der Waals surface area contributed by atoms with Crippen LogP contribution in [-0.4, -0.2) is 29.1 Å². The van der Waals surface area contributed by atoms with Crippen LogP contribution in [0.1, 0.15) is 18.4 Å². The van der Waals surface area contributed by atoms with Gasteiger partial charge in [0.2, 0.25) is 15.6 Å². The van der Waals surface area contributed by atoms with Crippen molar-refractivity contribution in [2.75, 3.05) is 19.6 Å². The molecule has 3 aliphatic rings. The molecule has 0 radical (unpaired) electrons. The molecule has 2 unspecified atom stereocenters. The monoisotopic (exact) mass is 302 g/mol. The summed E-state index contributed by atoms with van der Waals surface area (Å²) < 4.78 is 23.0. The highest BCUT2D eigenvalue weighted by molar-refractivity contribution is 8.13. The van der Waals surface area contributed by atoms with Crippen LogP contribution >= 0.6 is 10.7 Å². The van der Waals surface area contributed by atoms with Crippen LogP contribution < -0.4 is 0 Å².